The van der Waals surface area contributed by atoms with Crippen molar-refractivity contribution in [3.63, 3.8) is 0 Å². The van der Waals surface area contributed by atoms with Gasteiger partial charge in [0.2, 0.25) is 5.91 Å². The van der Waals surface area contributed by atoms with Gasteiger partial charge in [0.25, 0.3) is 0 Å². The van der Waals surface area contributed by atoms with Crippen LogP contribution in [-0.4, -0.2) is 69.7 Å². The molecule has 1 aliphatic carbocycles. The number of piperazine rings is 1. The van der Waals surface area contributed by atoms with E-state index in [9.17, 15) is 9.59 Å². The molecule has 1 saturated carbocycles. The number of ketones is 1. The normalized spacial score (nSPS) is 17.9. The van der Waals surface area contributed by atoms with E-state index in [4.69, 9.17) is 9.47 Å². The molecule has 0 aromatic rings. The van der Waals surface area contributed by atoms with Crippen LogP contribution in [0.2, 0.25) is 0 Å². The number of Topliss-reactive ketones (excluding diaryl/α,β-unsaturated/α-hetero) is 1. The third kappa shape index (κ3) is 12.5. The average molecular weight is 381 g/mol. The molecular formula is C18H33KN2O4. The van der Waals surface area contributed by atoms with Gasteiger partial charge < -0.3 is 31.4 Å². The monoisotopic (exact) mass is 380 g/mol. The molecule has 25 heavy (non-hydrogen) atoms. The maximum absolute atomic E-state index is 11.6. The zero-order valence-electron chi connectivity index (χ0n) is 16.1. The van der Waals surface area contributed by atoms with Gasteiger partial charge in [-0.25, -0.2) is 0 Å². The molecule has 0 spiro atoms. The summed E-state index contributed by atoms with van der Waals surface area (Å²) in [5.41, 5.74) is 0. The van der Waals surface area contributed by atoms with E-state index in [1.807, 2.05) is 4.90 Å². The summed E-state index contributed by atoms with van der Waals surface area (Å²) in [4.78, 5) is 24.2. The van der Waals surface area contributed by atoms with E-state index in [1.54, 1.807) is 7.11 Å². The molecule has 1 amide bonds. The molecule has 0 aromatic heterocycles. The SMILES string of the molecule is COCCOCCC(=O)N1CCNCC1.[CH2-]C(=O)C1CCCCC1.[K+]. The molecule has 0 atom stereocenters. The number of carbonyl (C=O) groups is 2. The van der Waals surface area contributed by atoms with Crippen molar-refractivity contribution in [1.82, 2.24) is 10.2 Å². The maximum Gasteiger partial charge on any atom is 1.00 e. The van der Waals surface area contributed by atoms with Gasteiger partial charge >= 0.3 is 51.4 Å². The second-order valence-corrected chi connectivity index (χ2v) is 6.29. The van der Waals surface area contributed by atoms with Crippen molar-refractivity contribution in [2.75, 3.05) is 53.1 Å². The quantitative estimate of drug-likeness (QED) is 0.329. The van der Waals surface area contributed by atoms with Gasteiger partial charge in [0.05, 0.1) is 26.2 Å². The second-order valence-electron chi connectivity index (χ2n) is 6.29. The first-order valence-corrected chi connectivity index (χ1v) is 9.06. The van der Waals surface area contributed by atoms with Crippen molar-refractivity contribution in [2.24, 2.45) is 5.92 Å². The summed E-state index contributed by atoms with van der Waals surface area (Å²) in [5.74, 6) is 0.641. The van der Waals surface area contributed by atoms with Gasteiger partial charge in [-0.3, -0.25) is 4.79 Å². The first kappa shape index (κ1) is 25.5. The predicted octanol–water partition coefficient (Wildman–Crippen LogP) is -1.55. The van der Waals surface area contributed by atoms with Gasteiger partial charge in [-0.15, -0.1) is 0 Å². The molecule has 2 fully saturated rings. The van der Waals surface area contributed by atoms with Crippen LogP contribution in [0.25, 0.3) is 0 Å². The summed E-state index contributed by atoms with van der Waals surface area (Å²) < 4.78 is 10.1. The molecule has 0 bridgehead atoms. The minimum absolute atomic E-state index is 0. The fraction of sp³-hybridized carbons (Fsp3) is 0.833. The van der Waals surface area contributed by atoms with Crippen molar-refractivity contribution < 1.29 is 70.4 Å². The molecule has 6 nitrogen and oxygen atoms in total. The predicted molar refractivity (Wildman–Crippen MR) is 93.7 cm³/mol. The number of carbonyl (C=O) groups excluding carboxylic acids is 2. The van der Waals surface area contributed by atoms with Crippen molar-refractivity contribution in [3.05, 3.63) is 6.92 Å². The first-order chi connectivity index (χ1) is 11.6. The number of nitrogens with one attached hydrogen (secondary N) is 1. The van der Waals surface area contributed by atoms with E-state index in [2.05, 4.69) is 12.2 Å². The Morgan fingerprint density at radius 1 is 1.08 bits per heavy atom. The second kappa shape index (κ2) is 16.7. The van der Waals surface area contributed by atoms with Gasteiger partial charge in [0.15, 0.2) is 0 Å². The van der Waals surface area contributed by atoms with Gasteiger partial charge in [-0.1, -0.05) is 19.3 Å². The van der Waals surface area contributed by atoms with Crippen LogP contribution in [-0.2, 0) is 19.1 Å². The number of amides is 1. The van der Waals surface area contributed by atoms with Crippen LogP contribution in [0, 0.1) is 12.8 Å². The van der Waals surface area contributed by atoms with Crippen LogP contribution < -0.4 is 56.7 Å². The number of hydrogen-bond acceptors (Lipinski definition) is 5. The number of rotatable bonds is 7. The Labute approximate surface area is 195 Å². The van der Waals surface area contributed by atoms with Gasteiger partial charge in [-0.05, 0) is 24.5 Å². The summed E-state index contributed by atoms with van der Waals surface area (Å²) in [7, 11) is 1.63. The Morgan fingerprint density at radius 2 is 1.72 bits per heavy atom. The fourth-order valence-corrected chi connectivity index (χ4v) is 2.90. The van der Waals surface area contributed by atoms with E-state index in [-0.39, 0.29) is 63.1 Å². The zero-order chi connectivity index (χ0) is 17.6. The summed E-state index contributed by atoms with van der Waals surface area (Å²) in [5, 5.41) is 3.21. The zero-order valence-corrected chi connectivity index (χ0v) is 19.2. The third-order valence-corrected chi connectivity index (χ3v) is 4.42. The number of methoxy groups -OCH3 is 1. The number of ether oxygens (including phenoxy) is 2. The molecule has 140 valence electrons. The molecule has 1 aliphatic heterocycles. The molecule has 2 rings (SSSR count). The molecular weight excluding hydrogens is 347 g/mol. The Morgan fingerprint density at radius 3 is 2.24 bits per heavy atom. The third-order valence-electron chi connectivity index (χ3n) is 4.42. The summed E-state index contributed by atoms with van der Waals surface area (Å²) in [6, 6.07) is 0. The van der Waals surface area contributed by atoms with Gasteiger partial charge in [-0.2, -0.15) is 0 Å². The van der Waals surface area contributed by atoms with Crippen LogP contribution in [0.5, 0.6) is 0 Å². The van der Waals surface area contributed by atoms with Crippen LogP contribution in [0.15, 0.2) is 0 Å². The molecule has 0 aromatic carbocycles. The minimum atomic E-state index is 0. The van der Waals surface area contributed by atoms with Crippen molar-refractivity contribution >= 4 is 11.7 Å². The number of hydrogen-bond donors (Lipinski definition) is 1. The standard InChI is InChI=1S/C10H20N2O3.C8H13O.K/c1-14-8-9-15-7-2-10(13)12-5-3-11-4-6-12;1-7(9)8-5-3-2-4-6-8;/h11H,2-9H2,1H3;8H,1-6H2;/q;-1;+1. The van der Waals surface area contributed by atoms with Crippen LogP contribution in [0.1, 0.15) is 38.5 Å². The smallest absolute Gasteiger partial charge is 0.382 e. The molecule has 1 heterocycles. The molecule has 7 heteroatoms. The topological polar surface area (TPSA) is 67.9 Å². The minimum Gasteiger partial charge on any atom is -0.382 e. The molecule has 0 unspecified atom stereocenters. The van der Waals surface area contributed by atoms with Crippen molar-refractivity contribution in [3.8, 4) is 0 Å². The van der Waals surface area contributed by atoms with Crippen LogP contribution >= 0.6 is 0 Å². The summed E-state index contributed by atoms with van der Waals surface area (Å²) in [6.07, 6.45) is 6.41. The van der Waals surface area contributed by atoms with E-state index < -0.39 is 0 Å². The largest absolute Gasteiger partial charge is 1.00 e. The van der Waals surface area contributed by atoms with Crippen LogP contribution in [0.3, 0.4) is 0 Å². The van der Waals surface area contributed by atoms with E-state index in [1.165, 1.54) is 19.3 Å². The average Bonchev–Trinajstić information content (AvgIpc) is 2.63. The van der Waals surface area contributed by atoms with E-state index >= 15 is 0 Å². The molecule has 1 saturated heterocycles. The Balaban J connectivity index is 0.000000495. The maximum atomic E-state index is 11.6. The van der Waals surface area contributed by atoms with Gasteiger partial charge in [0.1, 0.15) is 0 Å². The van der Waals surface area contributed by atoms with Gasteiger partial charge in [0, 0.05) is 33.3 Å². The van der Waals surface area contributed by atoms with E-state index in [0.717, 1.165) is 39.0 Å². The van der Waals surface area contributed by atoms with Crippen LogP contribution in [0.4, 0.5) is 0 Å². The van der Waals surface area contributed by atoms with E-state index in [0.29, 0.717) is 32.2 Å². The molecule has 2 aliphatic rings. The Kier molecular flexibility index (Phi) is 17.0. The molecule has 1 N–H and O–H groups in total. The summed E-state index contributed by atoms with van der Waals surface area (Å²) in [6.45, 7) is 8.49. The Bertz CT molecular complexity index is 357. The first-order valence-electron chi connectivity index (χ1n) is 9.06. The van der Waals surface area contributed by atoms with Crippen molar-refractivity contribution in [2.45, 2.75) is 38.5 Å². The summed E-state index contributed by atoms with van der Waals surface area (Å²) >= 11 is 0. The fourth-order valence-electron chi connectivity index (χ4n) is 2.90. The Hall–Kier alpha value is 0.526. The number of nitrogens with zero attached hydrogens (tertiary/aromatic N) is 1. The van der Waals surface area contributed by atoms with Crippen molar-refractivity contribution in [1.29, 1.82) is 0 Å². The molecule has 0 radical (unpaired) electrons.